The molecule has 0 radical (unpaired) electrons. The Morgan fingerprint density at radius 2 is 1.96 bits per heavy atom. The van der Waals surface area contributed by atoms with Crippen molar-refractivity contribution in [3.8, 4) is 6.07 Å². The smallest absolute Gasteiger partial charge is 0.253 e. The van der Waals surface area contributed by atoms with Crippen molar-refractivity contribution in [1.82, 2.24) is 20.3 Å². The number of aromatic nitrogens is 3. The van der Waals surface area contributed by atoms with E-state index in [1.54, 1.807) is 18.5 Å². The number of nitriles is 1. The van der Waals surface area contributed by atoms with E-state index in [-0.39, 0.29) is 11.6 Å². The van der Waals surface area contributed by atoms with E-state index in [1.165, 1.54) is 12.3 Å². The van der Waals surface area contributed by atoms with Gasteiger partial charge in [-0.1, -0.05) is 12.1 Å². The average Bonchev–Trinajstić information content (AvgIpc) is 2.76. The van der Waals surface area contributed by atoms with Crippen molar-refractivity contribution in [2.24, 2.45) is 0 Å². The molecule has 3 heterocycles. The molecule has 0 saturated carbocycles. The van der Waals surface area contributed by atoms with Crippen LogP contribution in [0, 0.1) is 11.3 Å². The number of amides is 1. The van der Waals surface area contributed by atoms with Gasteiger partial charge in [-0.05, 0) is 30.3 Å². The quantitative estimate of drug-likeness (QED) is 0.684. The second-order valence-electron chi connectivity index (χ2n) is 6.21. The summed E-state index contributed by atoms with van der Waals surface area (Å²) in [5, 5.41) is 11.7. The molecule has 7 nitrogen and oxygen atoms in total. The van der Waals surface area contributed by atoms with E-state index in [0.29, 0.717) is 12.1 Å². The summed E-state index contributed by atoms with van der Waals surface area (Å²) in [6.07, 6.45) is 5.73. The monoisotopic (exact) mass is 372 g/mol. The molecule has 28 heavy (non-hydrogen) atoms. The standard InChI is InChI=1S/C21H20N6O/c1-27(12-9-18-6-2-3-10-23-18)20-16(5-4-11-24-20)14-26-21(28)17-7-8-19(13-22)25-15-17/h2-8,10-11,15H,9,12,14H2,1H3,(H,26,28). The van der Waals surface area contributed by atoms with E-state index in [2.05, 4.69) is 25.2 Å². The molecule has 0 fully saturated rings. The highest BCUT2D eigenvalue weighted by atomic mass is 16.1. The SMILES string of the molecule is CN(CCc1ccccn1)c1ncccc1CNC(=O)c1ccc(C#N)nc1. The Balaban J connectivity index is 1.62. The highest BCUT2D eigenvalue weighted by molar-refractivity contribution is 5.93. The maximum absolute atomic E-state index is 12.3. The number of hydrogen-bond acceptors (Lipinski definition) is 6. The molecule has 3 rings (SSSR count). The van der Waals surface area contributed by atoms with Gasteiger partial charge in [0.05, 0.1) is 5.56 Å². The van der Waals surface area contributed by atoms with Crippen LogP contribution in [-0.2, 0) is 13.0 Å². The summed E-state index contributed by atoms with van der Waals surface area (Å²) in [6.45, 7) is 1.10. The van der Waals surface area contributed by atoms with Gasteiger partial charge in [-0.15, -0.1) is 0 Å². The Morgan fingerprint density at radius 3 is 2.68 bits per heavy atom. The van der Waals surface area contributed by atoms with Crippen molar-refractivity contribution >= 4 is 11.7 Å². The minimum atomic E-state index is -0.247. The van der Waals surface area contributed by atoms with Crippen LogP contribution < -0.4 is 10.2 Å². The van der Waals surface area contributed by atoms with Gasteiger partial charge in [0.15, 0.2) is 0 Å². The number of pyridine rings is 3. The fourth-order valence-corrected chi connectivity index (χ4v) is 2.72. The summed E-state index contributed by atoms with van der Waals surface area (Å²) in [7, 11) is 1.97. The van der Waals surface area contributed by atoms with Gasteiger partial charge in [0.1, 0.15) is 17.6 Å². The molecule has 3 aromatic rings. The third kappa shape index (κ3) is 4.89. The van der Waals surface area contributed by atoms with Crippen LogP contribution in [0.5, 0.6) is 0 Å². The van der Waals surface area contributed by atoms with Gasteiger partial charge in [0.25, 0.3) is 5.91 Å². The van der Waals surface area contributed by atoms with E-state index in [1.807, 2.05) is 43.4 Å². The first-order valence-electron chi connectivity index (χ1n) is 8.86. The fraction of sp³-hybridized carbons (Fsp3) is 0.190. The summed E-state index contributed by atoms with van der Waals surface area (Å²) in [4.78, 5) is 27.1. The molecule has 0 bridgehead atoms. The predicted octanol–water partition coefficient (Wildman–Crippen LogP) is 2.35. The zero-order chi connectivity index (χ0) is 19.8. The molecule has 7 heteroatoms. The summed E-state index contributed by atoms with van der Waals surface area (Å²) in [5.41, 5.74) is 2.63. The van der Waals surface area contributed by atoms with E-state index < -0.39 is 0 Å². The maximum Gasteiger partial charge on any atom is 0.253 e. The molecule has 0 aliphatic rings. The Morgan fingerprint density at radius 1 is 1.11 bits per heavy atom. The molecule has 0 saturated heterocycles. The molecule has 0 aliphatic heterocycles. The van der Waals surface area contributed by atoms with Crippen molar-refractivity contribution in [2.45, 2.75) is 13.0 Å². The Bertz CT molecular complexity index is 966. The van der Waals surface area contributed by atoms with Gasteiger partial charge in [-0.25, -0.2) is 9.97 Å². The molecular formula is C21H20N6O. The van der Waals surface area contributed by atoms with Gasteiger partial charge in [-0.2, -0.15) is 5.26 Å². The van der Waals surface area contributed by atoms with Crippen LogP contribution in [0.25, 0.3) is 0 Å². The number of nitrogens with zero attached hydrogens (tertiary/aromatic N) is 5. The molecular weight excluding hydrogens is 352 g/mol. The van der Waals surface area contributed by atoms with Crippen LogP contribution in [0.1, 0.15) is 27.3 Å². The molecule has 0 aromatic carbocycles. The lowest BCUT2D eigenvalue weighted by molar-refractivity contribution is 0.0950. The van der Waals surface area contributed by atoms with E-state index >= 15 is 0 Å². The summed E-state index contributed by atoms with van der Waals surface area (Å²) < 4.78 is 0. The van der Waals surface area contributed by atoms with E-state index in [0.717, 1.165) is 30.0 Å². The number of carbonyl (C=O) groups is 1. The molecule has 1 amide bonds. The lowest BCUT2D eigenvalue weighted by Crippen LogP contribution is -2.27. The lowest BCUT2D eigenvalue weighted by atomic mass is 10.2. The Hall–Kier alpha value is -3.79. The lowest BCUT2D eigenvalue weighted by Gasteiger charge is -2.21. The fourth-order valence-electron chi connectivity index (χ4n) is 2.72. The van der Waals surface area contributed by atoms with Crippen LogP contribution in [0.3, 0.4) is 0 Å². The van der Waals surface area contributed by atoms with Crippen molar-refractivity contribution in [1.29, 1.82) is 5.26 Å². The largest absolute Gasteiger partial charge is 0.359 e. The summed E-state index contributed by atoms with van der Waals surface area (Å²) in [5.74, 6) is 0.569. The van der Waals surface area contributed by atoms with Crippen molar-refractivity contribution in [3.63, 3.8) is 0 Å². The van der Waals surface area contributed by atoms with Crippen LogP contribution in [0.4, 0.5) is 5.82 Å². The minimum absolute atomic E-state index is 0.247. The zero-order valence-corrected chi connectivity index (χ0v) is 15.5. The Kier molecular flexibility index (Phi) is 6.26. The zero-order valence-electron chi connectivity index (χ0n) is 15.5. The van der Waals surface area contributed by atoms with Crippen molar-refractivity contribution < 1.29 is 4.79 Å². The van der Waals surface area contributed by atoms with Gasteiger partial charge in [0.2, 0.25) is 0 Å². The van der Waals surface area contributed by atoms with Crippen molar-refractivity contribution in [3.05, 3.63) is 83.6 Å². The second kappa shape index (κ2) is 9.24. The van der Waals surface area contributed by atoms with Crippen LogP contribution >= 0.6 is 0 Å². The highest BCUT2D eigenvalue weighted by Gasteiger charge is 2.11. The third-order valence-corrected chi connectivity index (χ3v) is 4.24. The molecule has 0 aliphatic carbocycles. The molecule has 0 unspecified atom stereocenters. The number of anilines is 1. The topological polar surface area (TPSA) is 94.8 Å². The third-order valence-electron chi connectivity index (χ3n) is 4.24. The summed E-state index contributed by atoms with van der Waals surface area (Å²) >= 11 is 0. The van der Waals surface area contributed by atoms with Crippen LogP contribution in [0.15, 0.2) is 61.1 Å². The first-order valence-corrected chi connectivity index (χ1v) is 8.86. The Labute approximate surface area is 163 Å². The predicted molar refractivity (Wildman–Crippen MR) is 106 cm³/mol. The minimum Gasteiger partial charge on any atom is -0.359 e. The maximum atomic E-state index is 12.3. The van der Waals surface area contributed by atoms with Gasteiger partial charge >= 0.3 is 0 Å². The van der Waals surface area contributed by atoms with Crippen LogP contribution in [-0.4, -0.2) is 34.5 Å². The number of likely N-dealkylation sites (N-methyl/N-ethyl adjacent to an activating group) is 1. The number of hydrogen-bond donors (Lipinski definition) is 1. The van der Waals surface area contributed by atoms with E-state index in [4.69, 9.17) is 5.26 Å². The van der Waals surface area contributed by atoms with Crippen LogP contribution in [0.2, 0.25) is 0 Å². The molecule has 0 atom stereocenters. The van der Waals surface area contributed by atoms with Gasteiger partial charge < -0.3 is 10.2 Å². The average molecular weight is 372 g/mol. The first-order chi connectivity index (χ1) is 13.7. The molecule has 0 spiro atoms. The highest BCUT2D eigenvalue weighted by Crippen LogP contribution is 2.16. The molecule has 140 valence electrons. The number of carbonyl (C=O) groups excluding carboxylic acids is 1. The normalized spacial score (nSPS) is 10.1. The van der Waals surface area contributed by atoms with Gasteiger partial charge in [-0.3, -0.25) is 9.78 Å². The second-order valence-corrected chi connectivity index (χ2v) is 6.21. The van der Waals surface area contributed by atoms with Gasteiger partial charge in [0, 0.05) is 56.4 Å². The number of nitrogens with one attached hydrogen (secondary N) is 1. The van der Waals surface area contributed by atoms with E-state index in [9.17, 15) is 4.79 Å². The number of rotatable bonds is 7. The molecule has 3 aromatic heterocycles. The van der Waals surface area contributed by atoms with Crippen molar-refractivity contribution in [2.75, 3.05) is 18.5 Å². The first kappa shape index (κ1) is 19.0. The molecule has 1 N–H and O–H groups in total. The summed E-state index contributed by atoms with van der Waals surface area (Å²) in [6, 6.07) is 14.7.